The van der Waals surface area contributed by atoms with Gasteiger partial charge in [-0.15, -0.1) is 0 Å². The van der Waals surface area contributed by atoms with Gasteiger partial charge in [0.25, 0.3) is 0 Å². The lowest BCUT2D eigenvalue weighted by Crippen LogP contribution is -2.34. The van der Waals surface area contributed by atoms with Crippen LogP contribution in [0.4, 0.5) is 0 Å². The van der Waals surface area contributed by atoms with Crippen molar-refractivity contribution < 1.29 is 9.13 Å². The van der Waals surface area contributed by atoms with Crippen LogP contribution in [0.2, 0.25) is 0 Å². The molecule has 210 valence electrons. The Bertz CT molecular complexity index is 1710. The fourth-order valence-corrected chi connectivity index (χ4v) is 12.8. The average Bonchev–Trinajstić information content (AvgIpc) is 3.07. The topological polar surface area (TPSA) is 34.1 Å². The Hall–Kier alpha value is -3.70. The molecule has 2 nitrogen and oxygen atoms in total. The molecule has 5 aromatic rings. The number of hydrogen-bond donors (Lipinski definition) is 0. The Labute approximate surface area is 249 Å². The molecule has 6 rings (SSSR count). The molecular weight excluding hydrogens is 550 g/mol. The molecule has 1 unspecified atom stereocenters. The molecule has 0 bridgehead atoms. The smallest absolute Gasteiger partial charge is 0.166 e. The third-order valence-electron chi connectivity index (χ3n) is 9.00. The van der Waals surface area contributed by atoms with Crippen molar-refractivity contribution in [2.24, 2.45) is 5.92 Å². The van der Waals surface area contributed by atoms with Gasteiger partial charge in [0.15, 0.2) is 7.14 Å². The first-order valence-electron chi connectivity index (χ1n) is 14.6. The lowest BCUT2D eigenvalue weighted by molar-refractivity contribution is 0.521. The first-order chi connectivity index (χ1) is 20.4. The second-order valence-corrected chi connectivity index (χ2v) is 17.3. The molecule has 4 heteroatoms. The zero-order chi connectivity index (χ0) is 29.2. The van der Waals surface area contributed by atoms with Crippen molar-refractivity contribution in [1.82, 2.24) is 0 Å². The van der Waals surface area contributed by atoms with Crippen LogP contribution >= 0.6 is 14.3 Å². The fourth-order valence-electron chi connectivity index (χ4n) is 6.67. The Kier molecular flexibility index (Phi) is 8.04. The van der Waals surface area contributed by atoms with Gasteiger partial charge in [0, 0.05) is 26.9 Å². The molecule has 2 atom stereocenters. The molecule has 1 aliphatic carbocycles. The van der Waals surface area contributed by atoms with Crippen LogP contribution in [-0.2, 0) is 22.0 Å². The highest BCUT2D eigenvalue weighted by atomic mass is 31.2. The summed E-state index contributed by atoms with van der Waals surface area (Å²) in [6.07, 6.45) is 1.46. The minimum atomic E-state index is -3.18. The van der Waals surface area contributed by atoms with E-state index in [9.17, 15) is 0 Å². The normalized spacial score (nSPS) is 17.2. The average molecular weight is 587 g/mol. The van der Waals surface area contributed by atoms with Crippen molar-refractivity contribution in [3.05, 3.63) is 168 Å². The fraction of sp³-hybridized carbons (Fsp3) is 0.158. The molecule has 0 N–H and O–H groups in total. The van der Waals surface area contributed by atoms with Crippen LogP contribution in [0.25, 0.3) is 0 Å². The predicted octanol–water partition coefficient (Wildman–Crippen LogP) is 8.09. The van der Waals surface area contributed by atoms with Crippen LogP contribution in [-0.4, -0.2) is 5.66 Å². The minimum absolute atomic E-state index is 0.0492. The Morgan fingerprint density at radius 2 is 0.952 bits per heavy atom. The van der Waals surface area contributed by atoms with E-state index in [2.05, 4.69) is 38.1 Å². The molecule has 1 aliphatic rings. The molecule has 0 aromatic heterocycles. The summed E-state index contributed by atoms with van der Waals surface area (Å²) < 4.78 is 31.2. The van der Waals surface area contributed by atoms with Gasteiger partial charge in [-0.3, -0.25) is 0 Å². The van der Waals surface area contributed by atoms with Gasteiger partial charge >= 0.3 is 0 Å². The van der Waals surface area contributed by atoms with E-state index < -0.39 is 14.3 Å². The van der Waals surface area contributed by atoms with E-state index in [1.165, 1.54) is 11.1 Å². The van der Waals surface area contributed by atoms with Crippen molar-refractivity contribution in [2.75, 3.05) is 0 Å². The maximum atomic E-state index is 15.6. The second-order valence-electron chi connectivity index (χ2n) is 11.2. The highest BCUT2D eigenvalue weighted by Gasteiger charge is 2.43. The number of fused-ring (bicyclic) bond motifs is 1. The number of allylic oxidation sites excluding steroid dienone is 2. The van der Waals surface area contributed by atoms with E-state index in [4.69, 9.17) is 0 Å². The van der Waals surface area contributed by atoms with E-state index in [1.54, 1.807) is 0 Å². The van der Waals surface area contributed by atoms with E-state index in [-0.39, 0.29) is 11.6 Å². The van der Waals surface area contributed by atoms with E-state index in [1.807, 2.05) is 121 Å². The highest BCUT2D eigenvalue weighted by molar-refractivity contribution is 7.82. The van der Waals surface area contributed by atoms with Gasteiger partial charge in [0.05, 0.1) is 0 Å². The summed E-state index contributed by atoms with van der Waals surface area (Å²) in [4.78, 5) is 0. The van der Waals surface area contributed by atoms with Gasteiger partial charge < -0.3 is 9.13 Å². The standard InChI is InChI=1S/C38H36O2P2/c1-29(41(39,33-19-7-3-8-20-33)34-21-9-4-10-22-34)37-27-31-17-15-16-18-32(31)28-38(37)30(2)42(40,35-23-11-5-12-24-35)36-25-13-6-14-26-36/h3-26,29,37H,27-28H2,1-2H3/b38-30-/t29-,37?/m1/s1. The van der Waals surface area contributed by atoms with E-state index in [0.717, 1.165) is 38.5 Å². The highest BCUT2D eigenvalue weighted by Crippen LogP contribution is 2.59. The zero-order valence-corrected chi connectivity index (χ0v) is 25.9. The molecular formula is C38H36O2P2. The van der Waals surface area contributed by atoms with Gasteiger partial charge in [-0.1, -0.05) is 158 Å². The zero-order valence-electron chi connectivity index (χ0n) is 24.1. The lowest BCUT2D eigenvalue weighted by atomic mass is 9.78. The van der Waals surface area contributed by atoms with Crippen LogP contribution in [0, 0.1) is 5.92 Å². The second kappa shape index (κ2) is 11.9. The van der Waals surface area contributed by atoms with Gasteiger partial charge in [0.1, 0.15) is 7.14 Å². The van der Waals surface area contributed by atoms with E-state index >= 15 is 9.13 Å². The number of benzene rings is 5. The van der Waals surface area contributed by atoms with Crippen LogP contribution in [0.15, 0.2) is 156 Å². The third-order valence-corrected chi connectivity index (χ3v) is 15.9. The molecule has 42 heavy (non-hydrogen) atoms. The van der Waals surface area contributed by atoms with Crippen molar-refractivity contribution in [3.8, 4) is 0 Å². The quantitative estimate of drug-likeness (QED) is 0.181. The first-order valence-corrected chi connectivity index (χ1v) is 18.1. The lowest BCUT2D eigenvalue weighted by Gasteiger charge is -2.39. The molecule has 0 heterocycles. The minimum Gasteiger partial charge on any atom is -0.313 e. The molecule has 0 spiro atoms. The van der Waals surface area contributed by atoms with Gasteiger partial charge in [-0.25, -0.2) is 0 Å². The summed E-state index contributed by atoms with van der Waals surface area (Å²) in [5.74, 6) is -0.0492. The molecule has 0 amide bonds. The van der Waals surface area contributed by atoms with E-state index in [0.29, 0.717) is 6.42 Å². The molecule has 0 saturated carbocycles. The summed E-state index contributed by atoms with van der Waals surface area (Å²) in [5.41, 5.74) is 3.50. The molecule has 0 aliphatic heterocycles. The Balaban J connectivity index is 1.60. The monoisotopic (exact) mass is 586 g/mol. The predicted molar refractivity (Wildman–Crippen MR) is 179 cm³/mol. The van der Waals surface area contributed by atoms with Gasteiger partial charge in [-0.2, -0.15) is 0 Å². The maximum absolute atomic E-state index is 15.6. The van der Waals surface area contributed by atoms with Crippen molar-refractivity contribution in [2.45, 2.75) is 32.3 Å². The van der Waals surface area contributed by atoms with Gasteiger partial charge in [0.2, 0.25) is 0 Å². The molecule has 0 fully saturated rings. The first kappa shape index (κ1) is 28.4. The largest absolute Gasteiger partial charge is 0.313 e. The maximum Gasteiger partial charge on any atom is 0.166 e. The number of hydrogen-bond acceptors (Lipinski definition) is 2. The summed E-state index contributed by atoms with van der Waals surface area (Å²) in [6.45, 7) is 4.22. The SMILES string of the molecule is C/C(=C1\Cc2ccccc2CC1[C@@H](C)P(=O)(c1ccccc1)c1ccccc1)P(=O)(c1ccccc1)c1ccccc1. The molecule has 0 saturated heterocycles. The van der Waals surface area contributed by atoms with Crippen LogP contribution in [0.1, 0.15) is 25.0 Å². The number of rotatable bonds is 7. The van der Waals surface area contributed by atoms with Crippen LogP contribution in [0.5, 0.6) is 0 Å². The summed E-state index contributed by atoms with van der Waals surface area (Å²) in [6, 6.07) is 48.3. The van der Waals surface area contributed by atoms with Crippen molar-refractivity contribution in [1.29, 1.82) is 0 Å². The summed E-state index contributed by atoms with van der Waals surface area (Å²) in [5, 5.41) is 4.32. The van der Waals surface area contributed by atoms with Crippen LogP contribution in [0.3, 0.4) is 0 Å². The summed E-state index contributed by atoms with van der Waals surface area (Å²) >= 11 is 0. The van der Waals surface area contributed by atoms with Crippen molar-refractivity contribution in [3.63, 3.8) is 0 Å². The Morgan fingerprint density at radius 3 is 1.40 bits per heavy atom. The summed E-state index contributed by atoms with van der Waals surface area (Å²) in [7, 11) is -6.27. The van der Waals surface area contributed by atoms with Crippen LogP contribution < -0.4 is 21.2 Å². The van der Waals surface area contributed by atoms with Crippen molar-refractivity contribution >= 4 is 35.5 Å². The van der Waals surface area contributed by atoms with Gasteiger partial charge in [-0.05, 0) is 42.1 Å². The molecule has 5 aromatic carbocycles. The Morgan fingerprint density at radius 1 is 0.571 bits per heavy atom. The molecule has 0 radical (unpaired) electrons. The third kappa shape index (κ3) is 4.98.